The molecule has 1 aliphatic heterocycles. The topological polar surface area (TPSA) is 97.1 Å². The van der Waals surface area contributed by atoms with E-state index >= 15 is 0 Å². The fraction of sp³-hybridized carbons (Fsp3) is 0.174. The van der Waals surface area contributed by atoms with E-state index in [1.54, 1.807) is 0 Å². The van der Waals surface area contributed by atoms with E-state index < -0.39 is 4.92 Å². The molecule has 154 valence electrons. The van der Waals surface area contributed by atoms with E-state index in [-0.39, 0.29) is 11.5 Å². The monoisotopic (exact) mass is 412 g/mol. The minimum absolute atomic E-state index is 0.142. The molecule has 0 bridgehead atoms. The van der Waals surface area contributed by atoms with E-state index in [0.29, 0.717) is 18.1 Å². The van der Waals surface area contributed by atoms with Gasteiger partial charge in [0.25, 0.3) is 0 Å². The number of rotatable bonds is 4. The van der Waals surface area contributed by atoms with Crippen molar-refractivity contribution in [3.8, 4) is 0 Å². The number of hydrogen-bond acceptors (Lipinski definition) is 7. The Morgan fingerprint density at radius 1 is 1.06 bits per heavy atom. The zero-order valence-electron chi connectivity index (χ0n) is 16.9. The van der Waals surface area contributed by atoms with Crippen molar-refractivity contribution in [3.05, 3.63) is 82.3 Å². The Kier molecular flexibility index (Phi) is 4.66. The summed E-state index contributed by atoms with van der Waals surface area (Å²) in [5, 5.41) is 16.2. The average Bonchev–Trinajstić information content (AvgIpc) is 2.78. The molecule has 0 saturated heterocycles. The third kappa shape index (κ3) is 3.42. The molecule has 0 saturated carbocycles. The van der Waals surface area contributed by atoms with Crippen LogP contribution in [0.1, 0.15) is 17.7 Å². The van der Waals surface area contributed by atoms with Crippen molar-refractivity contribution in [1.82, 2.24) is 15.0 Å². The zero-order valence-corrected chi connectivity index (χ0v) is 16.9. The van der Waals surface area contributed by atoms with Crippen molar-refractivity contribution in [2.24, 2.45) is 0 Å². The minimum Gasteiger partial charge on any atom is -0.334 e. The summed E-state index contributed by atoms with van der Waals surface area (Å²) in [6.07, 6.45) is 3.21. The number of para-hydroxylation sites is 1. The van der Waals surface area contributed by atoms with Crippen LogP contribution in [0.5, 0.6) is 0 Å². The van der Waals surface area contributed by atoms with Crippen LogP contribution in [0, 0.1) is 17.0 Å². The molecule has 2 aromatic carbocycles. The Balaban J connectivity index is 1.62. The van der Waals surface area contributed by atoms with Crippen molar-refractivity contribution in [1.29, 1.82) is 0 Å². The highest BCUT2D eigenvalue weighted by atomic mass is 16.6. The maximum absolute atomic E-state index is 12.1. The number of nitrogens with one attached hydrogen (secondary N) is 1. The van der Waals surface area contributed by atoms with Gasteiger partial charge in [-0.1, -0.05) is 24.3 Å². The fourth-order valence-corrected chi connectivity index (χ4v) is 4.07. The molecular weight excluding hydrogens is 392 g/mol. The van der Waals surface area contributed by atoms with Crippen LogP contribution in [0.2, 0.25) is 0 Å². The van der Waals surface area contributed by atoms with Gasteiger partial charge in [0.05, 0.1) is 10.4 Å². The lowest BCUT2D eigenvalue weighted by Crippen LogP contribution is -2.26. The Morgan fingerprint density at radius 3 is 2.81 bits per heavy atom. The summed E-state index contributed by atoms with van der Waals surface area (Å²) in [6, 6.07) is 17.5. The van der Waals surface area contributed by atoms with Gasteiger partial charge < -0.3 is 10.2 Å². The molecule has 0 unspecified atom stereocenters. The van der Waals surface area contributed by atoms with Crippen LogP contribution in [-0.4, -0.2) is 26.4 Å². The Hall–Kier alpha value is -4.07. The summed E-state index contributed by atoms with van der Waals surface area (Å²) in [5.41, 5.74) is 4.39. The normalized spacial score (nSPS) is 13.1. The molecule has 4 aromatic rings. The van der Waals surface area contributed by atoms with Crippen LogP contribution in [0.4, 0.5) is 28.7 Å². The lowest BCUT2D eigenvalue weighted by molar-refractivity contribution is -0.383. The molecule has 3 heterocycles. The molecule has 0 aliphatic carbocycles. The lowest BCUT2D eigenvalue weighted by atomic mass is 10.0. The van der Waals surface area contributed by atoms with Crippen LogP contribution in [-0.2, 0) is 6.42 Å². The number of aryl methyl sites for hydroxylation is 2. The third-order valence-electron chi connectivity index (χ3n) is 5.48. The van der Waals surface area contributed by atoms with Gasteiger partial charge in [-0.3, -0.25) is 15.1 Å². The summed E-state index contributed by atoms with van der Waals surface area (Å²) in [7, 11) is 0. The van der Waals surface area contributed by atoms with E-state index in [1.807, 2.05) is 60.4 Å². The molecule has 0 radical (unpaired) electrons. The summed E-state index contributed by atoms with van der Waals surface area (Å²) < 4.78 is 0. The van der Waals surface area contributed by atoms with Crippen molar-refractivity contribution in [3.63, 3.8) is 0 Å². The fourth-order valence-electron chi connectivity index (χ4n) is 4.07. The highest BCUT2D eigenvalue weighted by Gasteiger charge is 2.30. The van der Waals surface area contributed by atoms with Crippen molar-refractivity contribution < 1.29 is 4.92 Å². The number of fused-ring (bicyclic) bond motifs is 2. The molecule has 0 atom stereocenters. The van der Waals surface area contributed by atoms with Crippen molar-refractivity contribution in [2.45, 2.75) is 19.8 Å². The summed E-state index contributed by atoms with van der Waals surface area (Å²) in [5.74, 6) is 0.454. The number of aromatic nitrogens is 3. The van der Waals surface area contributed by atoms with E-state index in [2.05, 4.69) is 26.3 Å². The maximum Gasteiger partial charge on any atom is 0.354 e. The van der Waals surface area contributed by atoms with Gasteiger partial charge in [-0.15, -0.1) is 0 Å². The van der Waals surface area contributed by atoms with Gasteiger partial charge in [0.2, 0.25) is 11.6 Å². The molecule has 8 heteroatoms. The maximum atomic E-state index is 12.1. The molecule has 0 fully saturated rings. The smallest absolute Gasteiger partial charge is 0.334 e. The number of anilines is 4. The molecule has 2 aromatic heterocycles. The van der Waals surface area contributed by atoms with E-state index in [4.69, 9.17) is 0 Å². The van der Waals surface area contributed by atoms with Crippen LogP contribution in [0.3, 0.4) is 0 Å². The molecule has 31 heavy (non-hydrogen) atoms. The first-order valence-corrected chi connectivity index (χ1v) is 10.1. The number of hydrogen-bond donors (Lipinski definition) is 1. The molecule has 0 spiro atoms. The zero-order chi connectivity index (χ0) is 21.4. The van der Waals surface area contributed by atoms with Crippen LogP contribution < -0.4 is 10.2 Å². The average molecular weight is 412 g/mol. The van der Waals surface area contributed by atoms with Gasteiger partial charge in [-0.05, 0) is 55.7 Å². The molecule has 1 aliphatic rings. The van der Waals surface area contributed by atoms with Crippen LogP contribution in [0.15, 0.2) is 60.9 Å². The third-order valence-corrected chi connectivity index (χ3v) is 5.48. The lowest BCUT2D eigenvalue weighted by Gasteiger charge is -2.30. The second-order valence-corrected chi connectivity index (χ2v) is 7.49. The number of nitrogens with zero attached hydrogens (tertiary/aromatic N) is 5. The number of nitro groups is 1. The largest absolute Gasteiger partial charge is 0.354 e. The molecule has 1 N–H and O–H groups in total. The van der Waals surface area contributed by atoms with Gasteiger partial charge >= 0.3 is 5.69 Å². The van der Waals surface area contributed by atoms with E-state index in [0.717, 1.165) is 40.7 Å². The SMILES string of the molecule is Cc1ccc2c(Nc3ncnc(N4CCCc5ccccc54)c3[N+](=O)[O-])cccc2n1. The van der Waals surface area contributed by atoms with Gasteiger partial charge in [-0.25, -0.2) is 9.97 Å². The van der Waals surface area contributed by atoms with Crippen molar-refractivity contribution in [2.75, 3.05) is 16.8 Å². The van der Waals surface area contributed by atoms with Gasteiger partial charge in [0.15, 0.2) is 0 Å². The molecule has 8 nitrogen and oxygen atoms in total. The quantitative estimate of drug-likeness (QED) is 0.369. The number of pyridine rings is 1. The van der Waals surface area contributed by atoms with Crippen LogP contribution in [0.25, 0.3) is 10.9 Å². The Morgan fingerprint density at radius 2 is 1.94 bits per heavy atom. The molecular formula is C23H20N6O2. The van der Waals surface area contributed by atoms with Crippen LogP contribution >= 0.6 is 0 Å². The van der Waals surface area contributed by atoms with Gasteiger partial charge in [0.1, 0.15) is 6.33 Å². The Bertz CT molecular complexity index is 1310. The van der Waals surface area contributed by atoms with Gasteiger partial charge in [0, 0.05) is 29.0 Å². The van der Waals surface area contributed by atoms with Crippen molar-refractivity contribution >= 4 is 39.6 Å². The van der Waals surface area contributed by atoms with E-state index in [9.17, 15) is 10.1 Å². The standard InChI is InChI=1S/C23H20N6O2/c1-15-11-12-17-18(26-15)8-4-9-19(17)27-22-21(29(30)31)23(25-14-24-22)28-13-5-7-16-6-2-3-10-20(16)28/h2-4,6,8-12,14H,5,7,13H2,1H3,(H,24,25,27). The highest BCUT2D eigenvalue weighted by molar-refractivity contribution is 5.94. The summed E-state index contributed by atoms with van der Waals surface area (Å²) in [6.45, 7) is 2.59. The first-order chi connectivity index (χ1) is 15.1. The Labute approximate surface area is 178 Å². The summed E-state index contributed by atoms with van der Waals surface area (Å²) in [4.78, 5) is 26.7. The van der Waals surface area contributed by atoms with E-state index in [1.165, 1.54) is 6.33 Å². The molecule has 5 rings (SSSR count). The predicted molar refractivity (Wildman–Crippen MR) is 120 cm³/mol. The first kappa shape index (κ1) is 18.9. The highest BCUT2D eigenvalue weighted by Crippen LogP contribution is 2.40. The summed E-state index contributed by atoms with van der Waals surface area (Å²) >= 11 is 0. The predicted octanol–water partition coefficient (Wildman–Crippen LogP) is 5.07. The second-order valence-electron chi connectivity index (χ2n) is 7.49. The van der Waals surface area contributed by atoms with Gasteiger partial charge in [-0.2, -0.15) is 0 Å². The first-order valence-electron chi connectivity index (χ1n) is 10.1. The number of benzene rings is 2. The second kappa shape index (κ2) is 7.64. The minimum atomic E-state index is -0.414. The molecule has 0 amide bonds.